The van der Waals surface area contributed by atoms with Crippen LogP contribution in [0, 0.1) is 10.1 Å². The van der Waals surface area contributed by atoms with Crippen LogP contribution in [0.3, 0.4) is 0 Å². The van der Waals surface area contributed by atoms with Crippen molar-refractivity contribution in [3.05, 3.63) is 76.5 Å². The van der Waals surface area contributed by atoms with Gasteiger partial charge in [0.15, 0.2) is 12.4 Å². The normalized spacial score (nSPS) is 10.6. The molecule has 4 rings (SSSR count). The number of nitrogens with two attached hydrogens (primary N) is 1. The molecule has 2 aromatic carbocycles. The fourth-order valence-electron chi connectivity index (χ4n) is 2.68. The molecule has 32 heavy (non-hydrogen) atoms. The van der Waals surface area contributed by atoms with Gasteiger partial charge in [-0.05, 0) is 48.5 Å². The van der Waals surface area contributed by atoms with E-state index in [0.717, 1.165) is 0 Å². The molecule has 2 aromatic heterocycles. The molecule has 0 saturated carbocycles. The Balaban J connectivity index is 1.38. The zero-order valence-corrected chi connectivity index (χ0v) is 16.5. The Morgan fingerprint density at radius 1 is 1.00 bits per heavy atom. The molecule has 0 radical (unpaired) electrons. The van der Waals surface area contributed by atoms with Crippen molar-refractivity contribution in [2.75, 3.05) is 6.61 Å². The monoisotopic (exact) mass is 436 g/mol. The number of aromatic nitrogens is 2. The van der Waals surface area contributed by atoms with Gasteiger partial charge in [0.2, 0.25) is 5.82 Å². The van der Waals surface area contributed by atoms with Crippen molar-refractivity contribution in [2.24, 2.45) is 5.73 Å². The lowest BCUT2D eigenvalue weighted by molar-refractivity contribution is -0.384. The van der Waals surface area contributed by atoms with Crippen LogP contribution >= 0.6 is 0 Å². The summed E-state index contributed by atoms with van der Waals surface area (Å²) < 4.78 is 21.7. The number of rotatable bonds is 9. The highest BCUT2D eigenvalue weighted by molar-refractivity contribution is 5.75. The van der Waals surface area contributed by atoms with Crippen molar-refractivity contribution in [1.29, 1.82) is 0 Å². The van der Waals surface area contributed by atoms with Gasteiger partial charge in [0.1, 0.15) is 23.9 Å². The molecule has 0 atom stereocenters. The molecular weight excluding hydrogens is 420 g/mol. The molecular formula is C21H16N4O7. The second-order valence-electron chi connectivity index (χ2n) is 6.51. The number of furan rings is 1. The molecule has 0 unspecified atom stereocenters. The first kappa shape index (κ1) is 20.6. The van der Waals surface area contributed by atoms with Crippen LogP contribution in [0.1, 0.15) is 5.76 Å². The average molecular weight is 436 g/mol. The van der Waals surface area contributed by atoms with Crippen LogP contribution in [-0.2, 0) is 11.4 Å². The number of hydrogen-bond donors (Lipinski definition) is 1. The number of benzene rings is 2. The Labute approximate surface area is 180 Å². The van der Waals surface area contributed by atoms with Crippen molar-refractivity contribution in [1.82, 2.24) is 10.1 Å². The smallest absolute Gasteiger partial charge is 0.293 e. The van der Waals surface area contributed by atoms with Crippen molar-refractivity contribution < 1.29 is 28.1 Å². The molecule has 0 saturated heterocycles. The molecule has 0 spiro atoms. The maximum Gasteiger partial charge on any atom is 0.293 e. The second-order valence-corrected chi connectivity index (χ2v) is 6.51. The molecule has 0 aliphatic rings. The zero-order valence-electron chi connectivity index (χ0n) is 16.5. The fraction of sp³-hybridized carbons (Fsp3) is 0.0952. The van der Waals surface area contributed by atoms with Gasteiger partial charge < -0.3 is 24.1 Å². The van der Waals surface area contributed by atoms with Gasteiger partial charge in [0.25, 0.3) is 17.5 Å². The molecule has 162 valence electrons. The Morgan fingerprint density at radius 3 is 2.38 bits per heavy atom. The van der Waals surface area contributed by atoms with E-state index in [1.165, 1.54) is 24.3 Å². The lowest BCUT2D eigenvalue weighted by atomic mass is 10.2. The number of hydrogen-bond acceptors (Lipinski definition) is 9. The van der Waals surface area contributed by atoms with Crippen molar-refractivity contribution in [3.8, 4) is 34.5 Å². The van der Waals surface area contributed by atoms with E-state index < -0.39 is 10.8 Å². The lowest BCUT2D eigenvalue weighted by Crippen LogP contribution is -2.19. The van der Waals surface area contributed by atoms with Crippen LogP contribution in [0.2, 0.25) is 0 Å². The summed E-state index contributed by atoms with van der Waals surface area (Å²) in [5.41, 5.74) is 5.71. The number of nitro groups is 1. The summed E-state index contributed by atoms with van der Waals surface area (Å²) in [7, 11) is 0. The summed E-state index contributed by atoms with van der Waals surface area (Å²) in [5.74, 6) is 1.81. The Bertz CT molecular complexity index is 1230. The van der Waals surface area contributed by atoms with Gasteiger partial charge in [-0.2, -0.15) is 4.98 Å². The number of carbonyl (C=O) groups is 1. The predicted octanol–water partition coefficient (Wildman–Crippen LogP) is 3.35. The minimum absolute atomic E-state index is 0.0161. The summed E-state index contributed by atoms with van der Waals surface area (Å²) >= 11 is 0. The second kappa shape index (κ2) is 9.00. The molecule has 0 bridgehead atoms. The largest absolute Gasteiger partial charge is 0.486 e. The van der Waals surface area contributed by atoms with Crippen molar-refractivity contribution in [2.45, 2.75) is 6.61 Å². The van der Waals surface area contributed by atoms with Gasteiger partial charge in [-0.15, -0.1) is 0 Å². The van der Waals surface area contributed by atoms with Crippen molar-refractivity contribution in [3.63, 3.8) is 0 Å². The van der Waals surface area contributed by atoms with E-state index in [1.54, 1.807) is 36.4 Å². The van der Waals surface area contributed by atoms with E-state index in [9.17, 15) is 14.9 Å². The number of carbonyl (C=O) groups excluding carboxylic acids is 1. The van der Waals surface area contributed by atoms with Crippen LogP contribution in [0.4, 0.5) is 5.69 Å². The maximum absolute atomic E-state index is 10.8. The van der Waals surface area contributed by atoms with E-state index in [2.05, 4.69) is 10.1 Å². The topological polar surface area (TPSA) is 157 Å². The molecule has 0 fully saturated rings. The Hall–Kier alpha value is -4.67. The minimum Gasteiger partial charge on any atom is -0.486 e. The van der Waals surface area contributed by atoms with Crippen LogP contribution in [-0.4, -0.2) is 27.6 Å². The van der Waals surface area contributed by atoms with Crippen molar-refractivity contribution >= 4 is 11.6 Å². The first-order chi connectivity index (χ1) is 15.5. The molecule has 2 heterocycles. The number of primary amides is 1. The quantitative estimate of drug-likeness (QED) is 0.307. The van der Waals surface area contributed by atoms with Crippen LogP contribution in [0.5, 0.6) is 11.5 Å². The highest BCUT2D eigenvalue weighted by Crippen LogP contribution is 2.26. The predicted molar refractivity (Wildman–Crippen MR) is 110 cm³/mol. The van der Waals surface area contributed by atoms with Gasteiger partial charge in [0.05, 0.1) is 4.92 Å². The average Bonchev–Trinajstić information content (AvgIpc) is 3.47. The molecule has 1 amide bonds. The molecule has 4 aromatic rings. The third kappa shape index (κ3) is 4.90. The van der Waals surface area contributed by atoms with Crippen LogP contribution in [0.25, 0.3) is 23.0 Å². The number of nitrogens with zero attached hydrogens (tertiary/aromatic N) is 3. The SMILES string of the molecule is NC(=O)COc1ccc(-c2noc(-c3ccc(COc4ccc([N+](=O)[O-])cc4)o3)n2)cc1. The molecule has 2 N–H and O–H groups in total. The fourth-order valence-corrected chi connectivity index (χ4v) is 2.68. The zero-order chi connectivity index (χ0) is 22.5. The van der Waals surface area contributed by atoms with Gasteiger partial charge in [-0.1, -0.05) is 5.16 Å². The number of ether oxygens (including phenoxy) is 2. The first-order valence-electron chi connectivity index (χ1n) is 9.29. The Morgan fingerprint density at radius 2 is 1.69 bits per heavy atom. The minimum atomic E-state index is -0.562. The third-order valence-corrected chi connectivity index (χ3v) is 4.22. The van der Waals surface area contributed by atoms with Gasteiger partial charge in [0, 0.05) is 17.7 Å². The molecule has 0 aliphatic carbocycles. The number of non-ortho nitro benzene ring substituents is 1. The number of nitro benzene ring substituents is 1. The summed E-state index contributed by atoms with van der Waals surface area (Å²) in [6.07, 6.45) is 0. The summed E-state index contributed by atoms with van der Waals surface area (Å²) in [4.78, 5) is 25.3. The number of amides is 1. The highest BCUT2D eigenvalue weighted by atomic mass is 16.6. The van der Waals surface area contributed by atoms with E-state index in [0.29, 0.717) is 34.4 Å². The standard InChI is InChI=1S/C21H16N4O7/c22-19(26)12-30-15-5-1-13(2-6-15)20-23-21(32-24-20)18-10-9-17(31-18)11-29-16-7-3-14(4-8-16)25(27)28/h1-10H,11-12H2,(H2,22,26). The van der Waals surface area contributed by atoms with E-state index in [4.69, 9.17) is 24.1 Å². The van der Waals surface area contributed by atoms with Gasteiger partial charge >= 0.3 is 0 Å². The van der Waals surface area contributed by atoms with E-state index in [-0.39, 0.29) is 24.8 Å². The first-order valence-corrected chi connectivity index (χ1v) is 9.29. The Kier molecular flexibility index (Phi) is 5.79. The van der Waals surface area contributed by atoms with Crippen LogP contribution in [0.15, 0.2) is 69.6 Å². The lowest BCUT2D eigenvalue weighted by Gasteiger charge is -2.03. The van der Waals surface area contributed by atoms with E-state index in [1.807, 2.05) is 0 Å². The van der Waals surface area contributed by atoms with E-state index >= 15 is 0 Å². The molecule has 11 heteroatoms. The third-order valence-electron chi connectivity index (χ3n) is 4.22. The molecule has 0 aliphatic heterocycles. The maximum atomic E-state index is 10.8. The summed E-state index contributed by atoms with van der Waals surface area (Å²) in [6, 6.07) is 15.9. The summed E-state index contributed by atoms with van der Waals surface area (Å²) in [6.45, 7) is -0.0913. The van der Waals surface area contributed by atoms with Crippen LogP contribution < -0.4 is 15.2 Å². The molecule has 11 nitrogen and oxygen atoms in total. The van der Waals surface area contributed by atoms with Gasteiger partial charge in [-0.3, -0.25) is 14.9 Å². The van der Waals surface area contributed by atoms with Gasteiger partial charge in [-0.25, -0.2) is 0 Å². The summed E-state index contributed by atoms with van der Waals surface area (Å²) in [5, 5.41) is 14.6. The highest BCUT2D eigenvalue weighted by Gasteiger charge is 2.15.